The Morgan fingerprint density at radius 2 is 2.32 bits per heavy atom. The van der Waals surface area contributed by atoms with Crippen LogP contribution >= 0.6 is 0 Å². The lowest BCUT2D eigenvalue weighted by molar-refractivity contribution is 0.0965. The fourth-order valence-corrected chi connectivity index (χ4v) is 1.83. The smallest absolute Gasteiger partial charge is 0.407 e. The summed E-state index contributed by atoms with van der Waals surface area (Å²) >= 11 is 0. The standard InChI is InChI=1S/C12H16N4O3/c1-13-12(18)19-6-9-8-5-14-11(17)7(8)4-10(15-9)16(2)3/h4H,5-6H2,1-3H3,(H,13,18)(H,14,17). The van der Waals surface area contributed by atoms with Gasteiger partial charge in [0.15, 0.2) is 0 Å². The van der Waals surface area contributed by atoms with Crippen LogP contribution in [0.3, 0.4) is 0 Å². The van der Waals surface area contributed by atoms with Gasteiger partial charge in [0.2, 0.25) is 0 Å². The van der Waals surface area contributed by atoms with Crippen molar-refractivity contribution in [1.29, 1.82) is 0 Å². The summed E-state index contributed by atoms with van der Waals surface area (Å²) in [6.45, 7) is 0.458. The molecular weight excluding hydrogens is 248 g/mol. The number of ether oxygens (including phenoxy) is 1. The highest BCUT2D eigenvalue weighted by molar-refractivity contribution is 5.99. The molecule has 102 valence electrons. The highest BCUT2D eigenvalue weighted by Gasteiger charge is 2.24. The number of rotatable bonds is 3. The van der Waals surface area contributed by atoms with E-state index in [-0.39, 0.29) is 12.5 Å². The molecule has 0 bridgehead atoms. The Labute approximate surface area is 110 Å². The molecule has 2 heterocycles. The number of amides is 2. The number of anilines is 1. The summed E-state index contributed by atoms with van der Waals surface area (Å²) in [5.74, 6) is 0.535. The van der Waals surface area contributed by atoms with Crippen molar-refractivity contribution in [2.45, 2.75) is 13.2 Å². The van der Waals surface area contributed by atoms with Crippen LogP contribution in [0, 0.1) is 0 Å². The monoisotopic (exact) mass is 264 g/mol. The molecule has 19 heavy (non-hydrogen) atoms. The van der Waals surface area contributed by atoms with Gasteiger partial charge in [-0.15, -0.1) is 0 Å². The van der Waals surface area contributed by atoms with Crippen LogP contribution in [0.2, 0.25) is 0 Å². The number of alkyl carbamates (subject to hydrolysis) is 1. The molecule has 1 aromatic heterocycles. The molecule has 0 aromatic carbocycles. The number of aromatic nitrogens is 1. The molecule has 1 aliphatic heterocycles. The highest BCUT2D eigenvalue weighted by atomic mass is 16.5. The van der Waals surface area contributed by atoms with Crippen LogP contribution in [-0.2, 0) is 17.9 Å². The van der Waals surface area contributed by atoms with Crippen LogP contribution in [0.5, 0.6) is 0 Å². The van der Waals surface area contributed by atoms with E-state index < -0.39 is 6.09 Å². The van der Waals surface area contributed by atoms with Gasteiger partial charge < -0.3 is 20.3 Å². The minimum Gasteiger partial charge on any atom is -0.443 e. The molecule has 1 aromatic rings. The van der Waals surface area contributed by atoms with Gasteiger partial charge in [-0.2, -0.15) is 0 Å². The van der Waals surface area contributed by atoms with Crippen molar-refractivity contribution < 1.29 is 14.3 Å². The number of hydrogen-bond donors (Lipinski definition) is 2. The first-order valence-electron chi connectivity index (χ1n) is 5.85. The Kier molecular flexibility index (Phi) is 3.55. The second-order valence-electron chi connectivity index (χ2n) is 4.36. The first kappa shape index (κ1) is 13.1. The molecule has 1 aliphatic rings. The summed E-state index contributed by atoms with van der Waals surface area (Å²) in [6.07, 6.45) is -0.525. The minimum atomic E-state index is -0.525. The van der Waals surface area contributed by atoms with E-state index in [2.05, 4.69) is 15.6 Å². The summed E-state index contributed by atoms with van der Waals surface area (Å²) in [5, 5.41) is 5.11. The van der Waals surface area contributed by atoms with E-state index in [1.54, 1.807) is 11.0 Å². The second kappa shape index (κ2) is 5.13. The van der Waals surface area contributed by atoms with Crippen LogP contribution in [-0.4, -0.2) is 38.1 Å². The minimum absolute atomic E-state index is 0.0403. The number of hydrogen-bond acceptors (Lipinski definition) is 5. The average Bonchev–Trinajstić information content (AvgIpc) is 2.77. The van der Waals surface area contributed by atoms with Gasteiger partial charge in [-0.1, -0.05) is 0 Å². The molecule has 2 N–H and O–H groups in total. The molecule has 2 amide bonds. The summed E-state index contributed by atoms with van der Waals surface area (Å²) < 4.78 is 5.00. The Hall–Kier alpha value is -2.31. The normalized spacial score (nSPS) is 12.7. The molecule has 7 heteroatoms. The molecule has 7 nitrogen and oxygen atoms in total. The third-order valence-corrected chi connectivity index (χ3v) is 2.87. The summed E-state index contributed by atoms with van der Waals surface area (Å²) in [4.78, 5) is 29.0. The van der Waals surface area contributed by atoms with E-state index in [1.807, 2.05) is 14.1 Å². The molecule has 0 saturated carbocycles. The van der Waals surface area contributed by atoms with E-state index in [1.165, 1.54) is 7.05 Å². The zero-order valence-corrected chi connectivity index (χ0v) is 11.1. The van der Waals surface area contributed by atoms with Gasteiger partial charge in [0.05, 0.1) is 5.69 Å². The van der Waals surface area contributed by atoms with Crippen molar-refractivity contribution in [1.82, 2.24) is 15.6 Å². The SMILES string of the molecule is CNC(=O)OCc1nc(N(C)C)cc2c1CNC2=O. The lowest BCUT2D eigenvalue weighted by Gasteiger charge is -2.15. The van der Waals surface area contributed by atoms with Crippen molar-refractivity contribution in [3.63, 3.8) is 0 Å². The van der Waals surface area contributed by atoms with Crippen LogP contribution < -0.4 is 15.5 Å². The van der Waals surface area contributed by atoms with E-state index in [4.69, 9.17) is 4.74 Å². The van der Waals surface area contributed by atoms with E-state index in [0.29, 0.717) is 23.6 Å². The maximum Gasteiger partial charge on any atom is 0.407 e. The largest absolute Gasteiger partial charge is 0.443 e. The summed E-state index contributed by atoms with van der Waals surface area (Å²) in [7, 11) is 5.16. The van der Waals surface area contributed by atoms with Gasteiger partial charge in [0, 0.05) is 38.8 Å². The highest BCUT2D eigenvalue weighted by Crippen LogP contribution is 2.23. The number of carbonyl (C=O) groups excluding carboxylic acids is 2. The van der Waals surface area contributed by atoms with Crippen LogP contribution in [0.1, 0.15) is 21.6 Å². The molecule has 0 unspecified atom stereocenters. The van der Waals surface area contributed by atoms with Gasteiger partial charge in [-0.05, 0) is 6.07 Å². The topological polar surface area (TPSA) is 83.6 Å². The molecule has 2 rings (SSSR count). The van der Waals surface area contributed by atoms with Crippen LogP contribution in [0.15, 0.2) is 6.07 Å². The molecule has 0 radical (unpaired) electrons. The number of pyridine rings is 1. The van der Waals surface area contributed by atoms with Gasteiger partial charge in [-0.25, -0.2) is 9.78 Å². The molecule has 0 aliphatic carbocycles. The number of nitrogens with one attached hydrogen (secondary N) is 2. The molecule has 0 spiro atoms. The Bertz CT molecular complexity index is 528. The summed E-state index contributed by atoms with van der Waals surface area (Å²) in [5.41, 5.74) is 1.98. The predicted octanol–water partition coefficient (Wildman–Crippen LogP) is 0.247. The number of carbonyl (C=O) groups is 2. The molecule has 0 saturated heterocycles. The van der Waals surface area contributed by atoms with Gasteiger partial charge in [-0.3, -0.25) is 4.79 Å². The molecule has 0 fully saturated rings. The van der Waals surface area contributed by atoms with Crippen molar-refractivity contribution in [2.75, 3.05) is 26.0 Å². The van der Waals surface area contributed by atoms with Crippen molar-refractivity contribution in [2.24, 2.45) is 0 Å². The molecule has 0 atom stereocenters. The Balaban J connectivity index is 2.33. The summed E-state index contributed by atoms with van der Waals surface area (Å²) in [6, 6.07) is 1.74. The van der Waals surface area contributed by atoms with E-state index in [0.717, 1.165) is 5.56 Å². The fraction of sp³-hybridized carbons (Fsp3) is 0.417. The first-order valence-corrected chi connectivity index (χ1v) is 5.85. The number of nitrogens with zero attached hydrogens (tertiary/aromatic N) is 2. The third-order valence-electron chi connectivity index (χ3n) is 2.87. The Morgan fingerprint density at radius 3 is 2.95 bits per heavy atom. The van der Waals surface area contributed by atoms with Gasteiger partial charge >= 0.3 is 6.09 Å². The van der Waals surface area contributed by atoms with E-state index >= 15 is 0 Å². The fourth-order valence-electron chi connectivity index (χ4n) is 1.83. The van der Waals surface area contributed by atoms with Gasteiger partial charge in [0.1, 0.15) is 12.4 Å². The third kappa shape index (κ3) is 2.59. The van der Waals surface area contributed by atoms with Crippen molar-refractivity contribution >= 4 is 17.8 Å². The maximum atomic E-state index is 11.7. The Morgan fingerprint density at radius 1 is 1.58 bits per heavy atom. The lowest BCUT2D eigenvalue weighted by atomic mass is 10.1. The molecular formula is C12H16N4O3. The lowest BCUT2D eigenvalue weighted by Crippen LogP contribution is -2.20. The predicted molar refractivity (Wildman–Crippen MR) is 69.0 cm³/mol. The first-order chi connectivity index (χ1) is 9.02. The van der Waals surface area contributed by atoms with Gasteiger partial charge in [0.25, 0.3) is 5.91 Å². The quantitative estimate of drug-likeness (QED) is 0.817. The van der Waals surface area contributed by atoms with E-state index in [9.17, 15) is 9.59 Å². The van der Waals surface area contributed by atoms with Crippen molar-refractivity contribution in [3.8, 4) is 0 Å². The second-order valence-corrected chi connectivity index (χ2v) is 4.36. The van der Waals surface area contributed by atoms with Crippen LogP contribution in [0.4, 0.5) is 10.6 Å². The average molecular weight is 264 g/mol. The van der Waals surface area contributed by atoms with Crippen molar-refractivity contribution in [3.05, 3.63) is 22.9 Å². The zero-order chi connectivity index (χ0) is 14.0. The number of fused-ring (bicyclic) bond motifs is 1. The maximum absolute atomic E-state index is 11.7. The van der Waals surface area contributed by atoms with Crippen LogP contribution in [0.25, 0.3) is 0 Å². The zero-order valence-electron chi connectivity index (χ0n) is 11.1.